The average molecular weight is 465 g/mol. The normalized spacial score (nSPS) is 18.8. The first-order valence-corrected chi connectivity index (χ1v) is 13.4. The van der Waals surface area contributed by atoms with Crippen molar-refractivity contribution in [3.05, 3.63) is 71.8 Å². The second kappa shape index (κ2) is 13.8. The van der Waals surface area contributed by atoms with Gasteiger partial charge < -0.3 is 9.47 Å². The van der Waals surface area contributed by atoms with Crippen LogP contribution in [0.5, 0.6) is 0 Å². The van der Waals surface area contributed by atoms with Crippen molar-refractivity contribution in [2.75, 3.05) is 26.4 Å². The summed E-state index contributed by atoms with van der Waals surface area (Å²) in [5.74, 6) is 1.82. The van der Waals surface area contributed by atoms with Crippen LogP contribution in [-0.2, 0) is 19.7 Å². The van der Waals surface area contributed by atoms with Crippen LogP contribution in [0.3, 0.4) is 0 Å². The fraction of sp³-hybridized carbons (Fsp3) is 0.581. The Morgan fingerprint density at radius 3 is 1.74 bits per heavy atom. The largest absolute Gasteiger partial charge is 0.381 e. The number of carbonyl (C=O) groups excluding carboxylic acids is 1. The topological polar surface area (TPSA) is 35.5 Å². The summed E-state index contributed by atoms with van der Waals surface area (Å²) in [6.45, 7) is 9.77. The third-order valence-electron chi connectivity index (χ3n) is 7.48. The summed E-state index contributed by atoms with van der Waals surface area (Å²) in [6, 6.07) is 20.6. The number of benzene rings is 2. The van der Waals surface area contributed by atoms with Crippen LogP contribution in [0.15, 0.2) is 60.7 Å². The van der Waals surface area contributed by atoms with Crippen LogP contribution < -0.4 is 0 Å². The Hall–Kier alpha value is -1.97. The van der Waals surface area contributed by atoms with E-state index in [1.165, 1.54) is 25.7 Å². The zero-order chi connectivity index (χ0) is 24.2. The van der Waals surface area contributed by atoms with Gasteiger partial charge in [-0.2, -0.15) is 0 Å². The Labute approximate surface area is 207 Å². The monoisotopic (exact) mass is 464 g/mol. The third kappa shape index (κ3) is 6.79. The minimum Gasteiger partial charge on any atom is -0.381 e. The van der Waals surface area contributed by atoms with Crippen LogP contribution in [0.2, 0.25) is 0 Å². The van der Waals surface area contributed by atoms with E-state index in [1.54, 1.807) is 0 Å². The summed E-state index contributed by atoms with van der Waals surface area (Å²) < 4.78 is 11.8. The van der Waals surface area contributed by atoms with Crippen molar-refractivity contribution in [2.45, 2.75) is 71.1 Å². The lowest BCUT2D eigenvalue weighted by Crippen LogP contribution is -2.42. The molecule has 2 aromatic rings. The number of ketones is 1. The summed E-state index contributed by atoms with van der Waals surface area (Å²) in [5.41, 5.74) is 1.55. The van der Waals surface area contributed by atoms with Gasteiger partial charge >= 0.3 is 0 Å². The molecule has 0 atom stereocenters. The summed E-state index contributed by atoms with van der Waals surface area (Å²) in [7, 11) is 0. The highest BCUT2D eigenvalue weighted by Gasteiger charge is 2.43. The molecule has 0 aromatic heterocycles. The molecule has 0 unspecified atom stereocenters. The van der Waals surface area contributed by atoms with Crippen LogP contribution in [-0.4, -0.2) is 32.2 Å². The van der Waals surface area contributed by atoms with Crippen LogP contribution in [0.4, 0.5) is 0 Å². The lowest BCUT2D eigenvalue weighted by molar-refractivity contribution is -0.125. The summed E-state index contributed by atoms with van der Waals surface area (Å²) >= 11 is 0. The Kier molecular flexibility index (Phi) is 10.8. The van der Waals surface area contributed by atoms with E-state index in [9.17, 15) is 4.79 Å². The van der Waals surface area contributed by atoms with E-state index >= 15 is 0 Å². The SMILES string of the molecule is CCCOCC1CCC(COCCCC(=O)C(c2ccccc2)(c2ccccc2)C(C)C)CC1. The lowest BCUT2D eigenvalue weighted by atomic mass is 9.63. The molecule has 186 valence electrons. The second-order valence-corrected chi connectivity index (χ2v) is 10.3. The van der Waals surface area contributed by atoms with Gasteiger partial charge in [-0.3, -0.25) is 4.79 Å². The van der Waals surface area contributed by atoms with Crippen LogP contribution in [0.25, 0.3) is 0 Å². The van der Waals surface area contributed by atoms with Crippen LogP contribution in [0, 0.1) is 17.8 Å². The van der Waals surface area contributed by atoms with Gasteiger partial charge in [-0.05, 0) is 67.4 Å². The number of carbonyl (C=O) groups is 1. The molecule has 3 heteroatoms. The Morgan fingerprint density at radius 2 is 1.29 bits per heavy atom. The van der Waals surface area contributed by atoms with E-state index in [0.717, 1.165) is 49.7 Å². The minimum atomic E-state index is -0.624. The Bertz CT molecular complexity index is 783. The highest BCUT2D eigenvalue weighted by atomic mass is 16.5. The fourth-order valence-electron chi connectivity index (χ4n) is 5.62. The number of rotatable bonds is 14. The summed E-state index contributed by atoms with van der Waals surface area (Å²) in [6.07, 6.45) is 7.37. The second-order valence-electron chi connectivity index (χ2n) is 10.3. The molecule has 2 aromatic carbocycles. The van der Waals surface area contributed by atoms with Gasteiger partial charge in [0.25, 0.3) is 0 Å². The molecular formula is C31H44O3. The highest BCUT2D eigenvalue weighted by Crippen LogP contribution is 2.41. The van der Waals surface area contributed by atoms with Gasteiger partial charge in [-0.1, -0.05) is 81.4 Å². The molecule has 0 heterocycles. The van der Waals surface area contributed by atoms with E-state index in [1.807, 2.05) is 36.4 Å². The first kappa shape index (κ1) is 26.6. The number of hydrogen-bond acceptors (Lipinski definition) is 3. The van der Waals surface area contributed by atoms with E-state index in [-0.39, 0.29) is 11.7 Å². The molecule has 1 saturated carbocycles. The molecule has 0 bridgehead atoms. The van der Waals surface area contributed by atoms with E-state index < -0.39 is 5.41 Å². The quantitative estimate of drug-likeness (QED) is 0.277. The summed E-state index contributed by atoms with van der Waals surface area (Å²) in [5, 5.41) is 0. The standard InChI is InChI=1S/C31H44O3/c1-4-21-33-23-26-17-19-27(20-18-26)24-34-22-11-16-30(32)31(25(2)3,28-12-7-5-8-13-28)29-14-9-6-10-15-29/h5-10,12-15,25-27H,4,11,16-24H2,1-3H3. The first-order valence-electron chi connectivity index (χ1n) is 13.4. The first-order chi connectivity index (χ1) is 16.6. The van der Waals surface area contributed by atoms with Gasteiger partial charge in [-0.15, -0.1) is 0 Å². The van der Waals surface area contributed by atoms with Crippen molar-refractivity contribution < 1.29 is 14.3 Å². The zero-order valence-corrected chi connectivity index (χ0v) is 21.5. The maximum atomic E-state index is 13.8. The number of Topliss-reactive ketones (excluding diaryl/α,β-unsaturated/α-hetero) is 1. The molecule has 0 saturated heterocycles. The maximum absolute atomic E-state index is 13.8. The molecule has 34 heavy (non-hydrogen) atoms. The zero-order valence-electron chi connectivity index (χ0n) is 21.5. The number of ether oxygens (including phenoxy) is 2. The maximum Gasteiger partial charge on any atom is 0.148 e. The average Bonchev–Trinajstić information content (AvgIpc) is 2.86. The predicted octanol–water partition coefficient (Wildman–Crippen LogP) is 7.23. The molecule has 1 aliphatic rings. The highest BCUT2D eigenvalue weighted by molar-refractivity contribution is 5.94. The molecule has 0 radical (unpaired) electrons. The third-order valence-corrected chi connectivity index (χ3v) is 7.48. The van der Waals surface area contributed by atoms with E-state index in [4.69, 9.17) is 9.47 Å². The van der Waals surface area contributed by atoms with Gasteiger partial charge in [0.15, 0.2) is 0 Å². The van der Waals surface area contributed by atoms with Gasteiger partial charge in [0, 0.05) is 32.8 Å². The van der Waals surface area contributed by atoms with Crippen LogP contribution in [0.1, 0.15) is 76.8 Å². The van der Waals surface area contributed by atoms with Crippen molar-refractivity contribution in [1.82, 2.24) is 0 Å². The molecule has 0 spiro atoms. The minimum absolute atomic E-state index is 0.155. The lowest BCUT2D eigenvalue weighted by Gasteiger charge is -2.37. The van der Waals surface area contributed by atoms with Gasteiger partial charge in [0.05, 0.1) is 5.41 Å². The van der Waals surface area contributed by atoms with E-state index in [2.05, 4.69) is 45.0 Å². The smallest absolute Gasteiger partial charge is 0.148 e. The molecular weight excluding hydrogens is 420 g/mol. The number of hydrogen-bond donors (Lipinski definition) is 0. The predicted molar refractivity (Wildman–Crippen MR) is 140 cm³/mol. The van der Waals surface area contributed by atoms with Crippen molar-refractivity contribution in [2.24, 2.45) is 17.8 Å². The van der Waals surface area contributed by atoms with Crippen LogP contribution >= 0.6 is 0 Å². The van der Waals surface area contributed by atoms with Gasteiger partial charge in [0.1, 0.15) is 5.78 Å². The molecule has 0 N–H and O–H groups in total. The fourth-order valence-corrected chi connectivity index (χ4v) is 5.62. The van der Waals surface area contributed by atoms with Crippen molar-refractivity contribution >= 4 is 5.78 Å². The molecule has 0 aliphatic heterocycles. The van der Waals surface area contributed by atoms with Gasteiger partial charge in [0.2, 0.25) is 0 Å². The Balaban J connectivity index is 1.51. The Morgan fingerprint density at radius 1 is 0.824 bits per heavy atom. The molecule has 3 nitrogen and oxygen atoms in total. The van der Waals surface area contributed by atoms with Gasteiger partial charge in [-0.25, -0.2) is 0 Å². The summed E-state index contributed by atoms with van der Waals surface area (Å²) in [4.78, 5) is 13.8. The van der Waals surface area contributed by atoms with Crippen molar-refractivity contribution in [1.29, 1.82) is 0 Å². The van der Waals surface area contributed by atoms with Crippen molar-refractivity contribution in [3.63, 3.8) is 0 Å². The van der Waals surface area contributed by atoms with E-state index in [0.29, 0.717) is 18.9 Å². The van der Waals surface area contributed by atoms with Crippen molar-refractivity contribution in [3.8, 4) is 0 Å². The molecule has 3 rings (SSSR count). The molecule has 1 aliphatic carbocycles. The molecule has 0 amide bonds. The molecule has 1 fully saturated rings.